The predicted molar refractivity (Wildman–Crippen MR) is 134 cm³/mol. The van der Waals surface area contributed by atoms with Crippen LogP contribution in [0.15, 0.2) is 23.8 Å². The van der Waals surface area contributed by atoms with Gasteiger partial charge in [-0.25, -0.2) is 24.5 Å². The second-order valence-electron chi connectivity index (χ2n) is 9.36. The number of hydrogen-bond acceptors (Lipinski definition) is 16. The summed E-state index contributed by atoms with van der Waals surface area (Å²) in [5.74, 6) is -0.0664. The number of anilines is 2. The van der Waals surface area contributed by atoms with Crippen LogP contribution in [0.1, 0.15) is 18.9 Å². The third kappa shape index (κ3) is 4.94. The van der Waals surface area contributed by atoms with Crippen LogP contribution >= 0.6 is 7.82 Å². The fourth-order valence-electron chi connectivity index (χ4n) is 4.80. The third-order valence-electron chi connectivity index (χ3n) is 6.78. The van der Waals surface area contributed by atoms with Gasteiger partial charge in [-0.1, -0.05) is 0 Å². The summed E-state index contributed by atoms with van der Waals surface area (Å²) in [6.45, 7) is -1.24. The van der Waals surface area contributed by atoms with E-state index >= 15 is 0 Å². The topological polar surface area (TPSA) is 294 Å². The molecule has 21 heteroatoms. The van der Waals surface area contributed by atoms with Crippen molar-refractivity contribution in [3.05, 3.63) is 29.3 Å². The quantitative estimate of drug-likeness (QED) is 0.104. The molecule has 0 aliphatic carbocycles. The molecule has 9 N–H and O–H groups in total. The van der Waals surface area contributed by atoms with Crippen molar-refractivity contribution < 1.29 is 43.3 Å². The molecule has 8 atom stereocenters. The second kappa shape index (κ2) is 10.4. The number of H-pyrrole nitrogens is 1. The Kier molecular flexibility index (Phi) is 6.96. The zero-order chi connectivity index (χ0) is 29.1. The fourth-order valence-corrected chi connectivity index (χ4v) is 5.74. The molecule has 4 aromatic heterocycles. The molecule has 0 radical (unpaired) electrons. The summed E-state index contributed by atoms with van der Waals surface area (Å²) in [6, 6.07) is 0. The number of nitrogen functional groups attached to an aromatic ring is 2. The lowest BCUT2D eigenvalue weighted by Gasteiger charge is -2.25. The highest BCUT2D eigenvalue weighted by Crippen LogP contribution is 2.50. The molecule has 2 aliphatic heterocycles. The number of nitrogens with one attached hydrogen (secondary N) is 1. The van der Waals surface area contributed by atoms with Crippen LogP contribution in [-0.2, 0) is 23.1 Å². The summed E-state index contributed by atoms with van der Waals surface area (Å²) in [7, 11) is -4.95. The van der Waals surface area contributed by atoms with Crippen LogP contribution in [0.2, 0.25) is 0 Å². The highest BCUT2D eigenvalue weighted by Gasteiger charge is 2.49. The van der Waals surface area contributed by atoms with Crippen molar-refractivity contribution in [1.82, 2.24) is 39.0 Å². The molecule has 41 heavy (non-hydrogen) atoms. The first kappa shape index (κ1) is 27.6. The molecule has 220 valence electrons. The van der Waals surface area contributed by atoms with E-state index in [1.54, 1.807) is 4.57 Å². The number of rotatable bonds is 8. The zero-order valence-corrected chi connectivity index (χ0v) is 21.8. The second-order valence-corrected chi connectivity index (χ2v) is 10.8. The Labute approximate surface area is 228 Å². The largest absolute Gasteiger partial charge is 0.472 e. The van der Waals surface area contributed by atoms with Gasteiger partial charge < -0.3 is 41.2 Å². The standard InChI is InChI=1S/C20H25N10O10P/c21-15-11-16(24-4-23-15)29(5-25-11)10-1-7(32)9(38-10)3-37-41(35,36)40-14-13(33)8(2-31)39-19(14)30-6-26-12-17(30)27-20(22)28-18(12)34/h4-10,13-14,19,31-33H,1-3H2,(H,35,36)(H2,21,23,24)(H3,22,27,28,34)/t7?,8-,9-,10-,13?,14?,19-/m1/s1. The number of hydrogen-bond donors (Lipinski definition) is 7. The first-order valence-electron chi connectivity index (χ1n) is 12.1. The van der Waals surface area contributed by atoms with E-state index in [-0.39, 0.29) is 29.4 Å². The van der Waals surface area contributed by atoms with Gasteiger partial charge in [0.2, 0.25) is 5.95 Å². The van der Waals surface area contributed by atoms with Crippen molar-refractivity contribution >= 4 is 41.9 Å². The van der Waals surface area contributed by atoms with Gasteiger partial charge in [0, 0.05) is 6.42 Å². The minimum atomic E-state index is -4.95. The van der Waals surface area contributed by atoms with E-state index in [0.717, 1.165) is 6.33 Å². The van der Waals surface area contributed by atoms with Crippen LogP contribution < -0.4 is 17.0 Å². The first-order valence-corrected chi connectivity index (χ1v) is 13.6. The Bertz CT molecular complexity index is 1690. The van der Waals surface area contributed by atoms with Gasteiger partial charge in [0.1, 0.15) is 42.5 Å². The van der Waals surface area contributed by atoms with Crippen molar-refractivity contribution in [2.24, 2.45) is 0 Å². The fraction of sp³-hybridized carbons (Fsp3) is 0.500. The number of aliphatic hydroxyl groups is 3. The van der Waals surface area contributed by atoms with E-state index in [9.17, 15) is 29.6 Å². The van der Waals surface area contributed by atoms with Gasteiger partial charge in [0.15, 0.2) is 28.9 Å². The highest BCUT2D eigenvalue weighted by atomic mass is 31.2. The van der Waals surface area contributed by atoms with Crippen molar-refractivity contribution in [2.75, 3.05) is 24.7 Å². The predicted octanol–water partition coefficient (Wildman–Crippen LogP) is -2.47. The molecule has 0 bridgehead atoms. The Morgan fingerprint density at radius 2 is 1.83 bits per heavy atom. The van der Waals surface area contributed by atoms with Gasteiger partial charge in [-0.05, 0) is 0 Å². The lowest BCUT2D eigenvalue weighted by Crippen LogP contribution is -2.35. The molecule has 0 aromatic carbocycles. The van der Waals surface area contributed by atoms with Gasteiger partial charge in [0.25, 0.3) is 5.56 Å². The molecule has 2 saturated heterocycles. The number of ether oxygens (including phenoxy) is 2. The van der Waals surface area contributed by atoms with E-state index in [0.29, 0.717) is 11.2 Å². The normalized spacial score (nSPS) is 29.9. The Morgan fingerprint density at radius 3 is 2.61 bits per heavy atom. The zero-order valence-electron chi connectivity index (χ0n) is 20.9. The van der Waals surface area contributed by atoms with E-state index < -0.39 is 69.6 Å². The molecular formula is C20H25N10O10P. The van der Waals surface area contributed by atoms with Crippen molar-refractivity contribution in [2.45, 2.75) is 49.4 Å². The Morgan fingerprint density at radius 1 is 1.07 bits per heavy atom. The van der Waals surface area contributed by atoms with Gasteiger partial charge in [-0.2, -0.15) is 4.98 Å². The molecule has 0 saturated carbocycles. The maximum Gasteiger partial charge on any atom is 0.472 e. The summed E-state index contributed by atoms with van der Waals surface area (Å²) < 4.78 is 37.5. The van der Waals surface area contributed by atoms with E-state index in [1.165, 1.54) is 17.2 Å². The van der Waals surface area contributed by atoms with Gasteiger partial charge in [0.05, 0.1) is 32.0 Å². The molecule has 4 unspecified atom stereocenters. The molecule has 20 nitrogen and oxygen atoms in total. The number of phosphoric acid groups is 1. The molecule has 4 aromatic rings. The number of imidazole rings is 2. The Hall–Kier alpha value is -3.59. The molecule has 6 rings (SSSR count). The smallest absolute Gasteiger partial charge is 0.394 e. The van der Waals surface area contributed by atoms with Crippen molar-refractivity contribution in [1.29, 1.82) is 0 Å². The number of phosphoric ester groups is 1. The Balaban J connectivity index is 1.17. The van der Waals surface area contributed by atoms with Crippen LogP contribution in [0.5, 0.6) is 0 Å². The SMILES string of the molecule is Nc1nc2c(ncn2[C@@H]2O[C@H](CO)C(O)C2OP(=O)(O)OC[C@H]2O[C@@H](n3cnc4c(N)ncnc43)CC2O)c(=O)[nH]1. The number of aromatic amines is 1. The average Bonchev–Trinajstić information content (AvgIpc) is 3.69. The van der Waals surface area contributed by atoms with Crippen LogP contribution in [0.25, 0.3) is 22.3 Å². The average molecular weight is 596 g/mol. The third-order valence-corrected chi connectivity index (χ3v) is 7.76. The number of nitrogens with two attached hydrogens (primary N) is 2. The molecule has 0 amide bonds. The molecule has 2 fully saturated rings. The lowest BCUT2D eigenvalue weighted by atomic mass is 10.1. The lowest BCUT2D eigenvalue weighted by molar-refractivity contribution is -0.0593. The van der Waals surface area contributed by atoms with Gasteiger partial charge >= 0.3 is 7.82 Å². The van der Waals surface area contributed by atoms with E-state index in [4.69, 9.17) is 30.0 Å². The van der Waals surface area contributed by atoms with Crippen LogP contribution in [0.4, 0.5) is 11.8 Å². The van der Waals surface area contributed by atoms with Gasteiger partial charge in [-0.3, -0.25) is 28.0 Å². The molecule has 6 heterocycles. The van der Waals surface area contributed by atoms with Crippen molar-refractivity contribution in [3.8, 4) is 0 Å². The molecule has 0 spiro atoms. The first-order chi connectivity index (χ1) is 19.6. The number of aliphatic hydroxyl groups excluding tert-OH is 3. The number of fused-ring (bicyclic) bond motifs is 2. The summed E-state index contributed by atoms with van der Waals surface area (Å²) >= 11 is 0. The van der Waals surface area contributed by atoms with E-state index in [1.807, 2.05) is 0 Å². The number of aromatic nitrogens is 8. The van der Waals surface area contributed by atoms with Crippen molar-refractivity contribution in [3.63, 3.8) is 0 Å². The van der Waals surface area contributed by atoms with Crippen LogP contribution in [0.3, 0.4) is 0 Å². The minimum Gasteiger partial charge on any atom is -0.394 e. The minimum absolute atomic E-state index is 0.0584. The highest BCUT2D eigenvalue weighted by molar-refractivity contribution is 7.47. The number of nitrogens with zero attached hydrogens (tertiary/aromatic N) is 7. The maximum atomic E-state index is 13.0. The monoisotopic (exact) mass is 596 g/mol. The van der Waals surface area contributed by atoms with Crippen LogP contribution in [0, 0.1) is 0 Å². The summed E-state index contributed by atoms with van der Waals surface area (Å²) in [5, 5.41) is 30.9. The van der Waals surface area contributed by atoms with Crippen LogP contribution in [-0.4, -0.2) is 103 Å². The van der Waals surface area contributed by atoms with Gasteiger partial charge in [-0.15, -0.1) is 0 Å². The maximum absolute atomic E-state index is 13.0. The van der Waals surface area contributed by atoms with E-state index in [2.05, 4.69) is 29.9 Å². The summed E-state index contributed by atoms with van der Waals surface area (Å²) in [5.41, 5.74) is 11.3. The molecule has 2 aliphatic rings. The summed E-state index contributed by atoms with van der Waals surface area (Å²) in [6.07, 6.45) is -4.79. The summed E-state index contributed by atoms with van der Waals surface area (Å²) in [4.78, 5) is 45.1. The molecular weight excluding hydrogens is 571 g/mol.